The Balaban J connectivity index is 1.95. The van der Waals surface area contributed by atoms with E-state index in [4.69, 9.17) is 10.7 Å². The topological polar surface area (TPSA) is 94.7 Å². The highest BCUT2D eigenvalue weighted by molar-refractivity contribution is 5.86. The largest absolute Gasteiger partial charge is 0.393 e. The fraction of sp³-hybridized carbons (Fsp3) is 0.348. The average molecular weight is 421 g/mol. The van der Waals surface area contributed by atoms with Crippen LogP contribution in [0.2, 0.25) is 0 Å². The second-order valence-electron chi connectivity index (χ2n) is 7.90. The van der Waals surface area contributed by atoms with Crippen molar-refractivity contribution in [2.75, 3.05) is 43.9 Å². The summed E-state index contributed by atoms with van der Waals surface area (Å²) < 4.78 is 0. The van der Waals surface area contributed by atoms with E-state index in [1.807, 2.05) is 26.0 Å². The van der Waals surface area contributed by atoms with Crippen molar-refractivity contribution in [1.29, 1.82) is 0 Å². The van der Waals surface area contributed by atoms with Crippen molar-refractivity contribution in [1.82, 2.24) is 25.7 Å². The number of aryl methyl sites for hydroxylation is 1. The molecule has 4 N–H and O–H groups in total. The number of rotatable bonds is 6. The smallest absolute Gasteiger partial charge is 0.183 e. The number of aliphatic imine (C=N–C) groups is 1. The zero-order valence-corrected chi connectivity index (χ0v) is 18.8. The minimum absolute atomic E-state index is 0.445. The standard InChI is InChI=1S/C23H32N8/c1-16(2)28-29-18(4)25-22-21(24)23(31-14-12-30(5)13-15-31)27-20(26-22)11-10-19-8-6-17(3)7-9-19/h6-11,28H,1,12-15,24H2,2-5H3,(H,25,26,27,29)/b11-10+. The molecule has 0 aliphatic carbocycles. The van der Waals surface area contributed by atoms with E-state index >= 15 is 0 Å². The lowest BCUT2D eigenvalue weighted by Gasteiger charge is -2.33. The zero-order valence-electron chi connectivity index (χ0n) is 18.8. The molecule has 1 aromatic heterocycles. The predicted octanol–water partition coefficient (Wildman–Crippen LogP) is 2.97. The molecule has 1 fully saturated rings. The minimum atomic E-state index is 0.445. The van der Waals surface area contributed by atoms with Crippen molar-refractivity contribution in [3.8, 4) is 0 Å². The highest BCUT2D eigenvalue weighted by Crippen LogP contribution is 2.30. The summed E-state index contributed by atoms with van der Waals surface area (Å²) in [5, 5.41) is 0. The van der Waals surface area contributed by atoms with Gasteiger partial charge in [-0.05, 0) is 39.5 Å². The summed E-state index contributed by atoms with van der Waals surface area (Å²) in [7, 11) is 2.12. The molecule has 31 heavy (non-hydrogen) atoms. The maximum absolute atomic E-state index is 6.47. The fourth-order valence-electron chi connectivity index (χ4n) is 3.11. The Morgan fingerprint density at radius 1 is 1.06 bits per heavy atom. The second kappa shape index (κ2) is 10.1. The summed E-state index contributed by atoms with van der Waals surface area (Å²) in [6, 6.07) is 8.30. The van der Waals surface area contributed by atoms with Gasteiger partial charge < -0.3 is 21.0 Å². The monoisotopic (exact) mass is 420 g/mol. The van der Waals surface area contributed by atoms with Crippen molar-refractivity contribution in [2.45, 2.75) is 20.8 Å². The van der Waals surface area contributed by atoms with Gasteiger partial charge >= 0.3 is 0 Å². The molecule has 1 aliphatic heterocycles. The van der Waals surface area contributed by atoms with Gasteiger partial charge in [0, 0.05) is 31.9 Å². The van der Waals surface area contributed by atoms with Crippen LogP contribution in [0, 0.1) is 6.92 Å². The van der Waals surface area contributed by atoms with E-state index in [9.17, 15) is 0 Å². The number of nitrogens with one attached hydrogen (secondary N) is 2. The molecule has 0 spiro atoms. The number of likely N-dealkylation sites (N-methyl/N-ethyl adjacent to an activating group) is 1. The van der Waals surface area contributed by atoms with Gasteiger partial charge in [-0.1, -0.05) is 42.5 Å². The summed E-state index contributed by atoms with van der Waals surface area (Å²) in [4.78, 5) is 18.4. The molecule has 164 valence electrons. The van der Waals surface area contributed by atoms with Gasteiger partial charge in [-0.2, -0.15) is 0 Å². The van der Waals surface area contributed by atoms with Crippen LogP contribution in [0.5, 0.6) is 0 Å². The average Bonchev–Trinajstić information content (AvgIpc) is 2.74. The molecule has 8 nitrogen and oxygen atoms in total. The molecule has 3 rings (SSSR count). The number of nitrogens with zero attached hydrogens (tertiary/aromatic N) is 5. The lowest BCUT2D eigenvalue weighted by molar-refractivity contribution is 0.312. The number of allylic oxidation sites excluding steroid dienone is 1. The molecule has 0 atom stereocenters. The van der Waals surface area contributed by atoms with Gasteiger partial charge in [-0.25, -0.2) is 15.0 Å². The highest BCUT2D eigenvalue weighted by atomic mass is 15.4. The SMILES string of the molecule is C=C(C)NN/C(C)=N/c1nc(/C=C/c2ccc(C)cc2)nc(N2CCN(C)CC2)c1N. The van der Waals surface area contributed by atoms with E-state index in [-0.39, 0.29) is 0 Å². The van der Waals surface area contributed by atoms with E-state index in [1.54, 1.807) is 0 Å². The van der Waals surface area contributed by atoms with E-state index in [0.29, 0.717) is 23.2 Å². The van der Waals surface area contributed by atoms with Crippen LogP contribution in [0.3, 0.4) is 0 Å². The molecule has 0 bridgehead atoms. The van der Waals surface area contributed by atoms with Crippen LogP contribution in [0.1, 0.15) is 30.8 Å². The van der Waals surface area contributed by atoms with Crippen molar-refractivity contribution >= 4 is 35.3 Å². The molecular weight excluding hydrogens is 388 g/mol. The summed E-state index contributed by atoms with van der Waals surface area (Å²) in [6.45, 7) is 13.2. The Morgan fingerprint density at radius 2 is 1.74 bits per heavy atom. The third-order valence-corrected chi connectivity index (χ3v) is 4.96. The Kier molecular flexibility index (Phi) is 7.25. The van der Waals surface area contributed by atoms with Crippen LogP contribution >= 0.6 is 0 Å². The molecular formula is C23H32N8. The van der Waals surface area contributed by atoms with E-state index in [2.05, 4.69) is 75.4 Å². The van der Waals surface area contributed by atoms with Gasteiger partial charge in [0.15, 0.2) is 17.5 Å². The quantitative estimate of drug-likeness (QED) is 0.376. The first kappa shape index (κ1) is 22.3. The summed E-state index contributed by atoms with van der Waals surface area (Å²) in [5.41, 5.74) is 16.0. The number of anilines is 2. The molecule has 1 aliphatic rings. The Labute approximate surface area is 184 Å². The Hall–Kier alpha value is -3.39. The van der Waals surface area contributed by atoms with Crippen LogP contribution < -0.4 is 21.5 Å². The lowest BCUT2D eigenvalue weighted by Crippen LogP contribution is -2.45. The second-order valence-corrected chi connectivity index (χ2v) is 7.90. The molecule has 8 heteroatoms. The number of piperazine rings is 1. The van der Waals surface area contributed by atoms with Crippen LogP contribution in [-0.2, 0) is 0 Å². The van der Waals surface area contributed by atoms with Crippen molar-refractivity contribution < 1.29 is 0 Å². The summed E-state index contributed by atoms with van der Waals surface area (Å²) in [6.07, 6.45) is 3.90. The van der Waals surface area contributed by atoms with Crippen molar-refractivity contribution in [2.24, 2.45) is 4.99 Å². The molecule has 0 radical (unpaired) electrons. The molecule has 1 aromatic carbocycles. The molecule has 0 unspecified atom stereocenters. The van der Waals surface area contributed by atoms with E-state index in [0.717, 1.165) is 43.3 Å². The number of hydrazine groups is 1. The van der Waals surface area contributed by atoms with Crippen molar-refractivity contribution in [3.05, 3.63) is 53.5 Å². The number of hydrogen-bond acceptors (Lipinski definition) is 7. The Bertz CT molecular complexity index is 970. The molecule has 1 saturated heterocycles. The van der Waals surface area contributed by atoms with E-state index < -0.39 is 0 Å². The van der Waals surface area contributed by atoms with Crippen LogP contribution in [0.15, 0.2) is 41.5 Å². The zero-order chi connectivity index (χ0) is 22.4. The van der Waals surface area contributed by atoms with Gasteiger partial charge in [0.2, 0.25) is 0 Å². The number of amidine groups is 1. The summed E-state index contributed by atoms with van der Waals surface area (Å²) in [5.74, 6) is 2.38. The fourth-order valence-corrected chi connectivity index (χ4v) is 3.11. The first-order chi connectivity index (χ1) is 14.8. The molecule has 2 heterocycles. The number of benzene rings is 1. The van der Waals surface area contributed by atoms with Gasteiger partial charge in [-0.15, -0.1) is 0 Å². The molecule has 0 amide bonds. The third-order valence-electron chi connectivity index (χ3n) is 4.96. The maximum atomic E-state index is 6.47. The van der Waals surface area contributed by atoms with Crippen LogP contribution in [0.4, 0.5) is 17.3 Å². The number of nitrogen functional groups attached to an aromatic ring is 1. The third kappa shape index (κ3) is 6.29. The van der Waals surface area contributed by atoms with Gasteiger partial charge in [0.1, 0.15) is 11.5 Å². The number of aromatic nitrogens is 2. The lowest BCUT2D eigenvalue weighted by atomic mass is 10.1. The maximum Gasteiger partial charge on any atom is 0.183 e. The number of hydrogen-bond donors (Lipinski definition) is 3. The van der Waals surface area contributed by atoms with Crippen molar-refractivity contribution in [3.63, 3.8) is 0 Å². The van der Waals surface area contributed by atoms with Gasteiger partial charge in [0.25, 0.3) is 0 Å². The first-order valence-electron chi connectivity index (χ1n) is 10.4. The van der Waals surface area contributed by atoms with Crippen LogP contribution in [0.25, 0.3) is 12.2 Å². The predicted molar refractivity (Wildman–Crippen MR) is 130 cm³/mol. The molecule has 2 aromatic rings. The van der Waals surface area contributed by atoms with Crippen LogP contribution in [-0.4, -0.2) is 53.9 Å². The van der Waals surface area contributed by atoms with Gasteiger partial charge in [0.05, 0.1) is 0 Å². The number of nitrogens with two attached hydrogens (primary N) is 1. The van der Waals surface area contributed by atoms with Gasteiger partial charge in [-0.3, -0.25) is 5.43 Å². The highest BCUT2D eigenvalue weighted by Gasteiger charge is 2.20. The first-order valence-corrected chi connectivity index (χ1v) is 10.4. The van der Waals surface area contributed by atoms with E-state index in [1.165, 1.54) is 5.56 Å². The normalized spacial score (nSPS) is 15.4. The summed E-state index contributed by atoms with van der Waals surface area (Å²) >= 11 is 0. The Morgan fingerprint density at radius 3 is 2.39 bits per heavy atom. The minimum Gasteiger partial charge on any atom is -0.393 e. The molecule has 0 saturated carbocycles.